The monoisotopic (exact) mass is 514 g/mol. The fourth-order valence-electron chi connectivity index (χ4n) is 3.94. The first-order chi connectivity index (χ1) is 18.5. The number of anilines is 3. The molecule has 0 unspecified atom stereocenters. The van der Waals surface area contributed by atoms with Crippen LogP contribution in [0.25, 0.3) is 10.9 Å². The largest absolute Gasteiger partial charge is 0.493 e. The molecule has 0 saturated heterocycles. The zero-order valence-corrected chi connectivity index (χ0v) is 22.0. The quantitative estimate of drug-likeness (QED) is 0.222. The predicted molar refractivity (Wildman–Crippen MR) is 152 cm³/mol. The van der Waals surface area contributed by atoms with Crippen molar-refractivity contribution >= 4 is 34.1 Å². The van der Waals surface area contributed by atoms with Gasteiger partial charge >= 0.3 is 6.03 Å². The van der Waals surface area contributed by atoms with E-state index in [9.17, 15) is 4.79 Å². The van der Waals surface area contributed by atoms with Crippen molar-refractivity contribution in [3.63, 3.8) is 0 Å². The molecule has 1 aromatic heterocycles. The fourth-order valence-corrected chi connectivity index (χ4v) is 3.94. The maximum atomic E-state index is 12.2. The summed E-state index contributed by atoms with van der Waals surface area (Å²) in [4.78, 5) is 23.2. The molecule has 0 atom stereocenters. The summed E-state index contributed by atoms with van der Waals surface area (Å²) in [5.41, 5.74) is 3.39. The molecular weight excluding hydrogens is 480 g/mol. The molecule has 9 nitrogen and oxygen atoms in total. The number of urea groups is 1. The molecule has 4 aromatic rings. The molecule has 0 aliphatic rings. The van der Waals surface area contributed by atoms with Crippen LogP contribution in [0.15, 0.2) is 73.1 Å². The number of hydrogen-bond acceptors (Lipinski definition) is 7. The fraction of sp³-hybridized carbons (Fsp3) is 0.276. The second-order valence-electron chi connectivity index (χ2n) is 9.07. The molecule has 38 heavy (non-hydrogen) atoms. The molecule has 0 bridgehead atoms. The van der Waals surface area contributed by atoms with Gasteiger partial charge < -0.3 is 30.3 Å². The van der Waals surface area contributed by atoms with E-state index in [1.165, 1.54) is 0 Å². The number of fused-ring (bicyclic) bond motifs is 1. The maximum Gasteiger partial charge on any atom is 0.323 e. The molecule has 0 saturated carbocycles. The smallest absolute Gasteiger partial charge is 0.323 e. The van der Waals surface area contributed by atoms with Crippen molar-refractivity contribution in [1.82, 2.24) is 14.9 Å². The van der Waals surface area contributed by atoms with Crippen LogP contribution in [0.5, 0.6) is 11.5 Å². The maximum absolute atomic E-state index is 12.2. The Morgan fingerprint density at radius 3 is 2.37 bits per heavy atom. The first-order valence-electron chi connectivity index (χ1n) is 12.6. The van der Waals surface area contributed by atoms with Crippen molar-refractivity contribution in [3.8, 4) is 11.5 Å². The van der Waals surface area contributed by atoms with Gasteiger partial charge in [-0.05, 0) is 62.8 Å². The molecule has 0 spiro atoms. The molecule has 3 N–H and O–H groups in total. The molecule has 0 aliphatic carbocycles. The van der Waals surface area contributed by atoms with Crippen LogP contribution in [0, 0.1) is 0 Å². The molecule has 4 rings (SSSR count). The number of hydrogen-bond donors (Lipinski definition) is 3. The normalized spacial score (nSPS) is 10.8. The van der Waals surface area contributed by atoms with Gasteiger partial charge in [0.15, 0.2) is 11.5 Å². The first kappa shape index (κ1) is 26.7. The molecule has 0 aliphatic heterocycles. The van der Waals surface area contributed by atoms with E-state index in [-0.39, 0.29) is 6.03 Å². The van der Waals surface area contributed by atoms with Gasteiger partial charge in [0.25, 0.3) is 0 Å². The summed E-state index contributed by atoms with van der Waals surface area (Å²) in [6.45, 7) is 2.23. The Hall–Kier alpha value is -4.37. The van der Waals surface area contributed by atoms with E-state index in [0.29, 0.717) is 24.7 Å². The third kappa shape index (κ3) is 7.57. The molecule has 3 aromatic carbocycles. The summed E-state index contributed by atoms with van der Waals surface area (Å²) in [6, 6.07) is 20.7. The zero-order valence-electron chi connectivity index (χ0n) is 22.0. The molecule has 0 fully saturated rings. The molecule has 9 heteroatoms. The molecule has 0 radical (unpaired) electrons. The highest BCUT2D eigenvalue weighted by Crippen LogP contribution is 2.34. The SMILES string of the molecule is COc1cc2c(NCCc3ccc(NC(=O)Nc4ccccc4)cc3)ncnc2cc1OCCCN(C)C. The van der Waals surface area contributed by atoms with E-state index < -0.39 is 0 Å². The van der Waals surface area contributed by atoms with Crippen molar-refractivity contribution in [2.75, 3.05) is 56.9 Å². The first-order valence-corrected chi connectivity index (χ1v) is 12.6. The minimum atomic E-state index is -0.279. The highest BCUT2D eigenvalue weighted by atomic mass is 16.5. The summed E-state index contributed by atoms with van der Waals surface area (Å²) in [7, 11) is 5.72. The van der Waals surface area contributed by atoms with Gasteiger partial charge in [-0.15, -0.1) is 0 Å². The number of aromatic nitrogens is 2. The minimum Gasteiger partial charge on any atom is -0.493 e. The van der Waals surface area contributed by atoms with Crippen molar-refractivity contribution in [3.05, 3.63) is 78.6 Å². The number of benzene rings is 3. The number of carbonyl (C=O) groups excluding carboxylic acids is 1. The van der Waals surface area contributed by atoms with Crippen LogP contribution in [0.4, 0.5) is 22.0 Å². The second-order valence-corrected chi connectivity index (χ2v) is 9.07. The average molecular weight is 515 g/mol. The van der Waals surface area contributed by atoms with Crippen molar-refractivity contribution in [2.24, 2.45) is 0 Å². The average Bonchev–Trinajstić information content (AvgIpc) is 2.92. The van der Waals surface area contributed by atoms with Gasteiger partial charge in [-0.25, -0.2) is 14.8 Å². The Morgan fingerprint density at radius 1 is 0.921 bits per heavy atom. The van der Waals surface area contributed by atoms with E-state index in [1.54, 1.807) is 13.4 Å². The van der Waals surface area contributed by atoms with Crippen molar-refractivity contribution < 1.29 is 14.3 Å². The number of nitrogens with zero attached hydrogens (tertiary/aromatic N) is 3. The number of para-hydroxylation sites is 1. The standard InChI is InChI=1S/C29H34N6O3/c1-35(2)16-7-17-38-27-19-25-24(18-26(27)37-3)28(32-20-31-25)30-15-14-21-10-12-23(13-11-21)34-29(36)33-22-8-5-4-6-9-22/h4-6,8-13,18-20H,7,14-17H2,1-3H3,(H,30,31,32)(H2,33,34,36). The van der Waals surface area contributed by atoms with Crippen LogP contribution in [0.2, 0.25) is 0 Å². The Bertz CT molecular complexity index is 1330. The lowest BCUT2D eigenvalue weighted by molar-refractivity contribution is 0.262. The topological polar surface area (TPSA) is 101 Å². The Kier molecular flexibility index (Phi) is 9.31. The third-order valence-electron chi connectivity index (χ3n) is 5.88. The highest BCUT2D eigenvalue weighted by Gasteiger charge is 2.12. The summed E-state index contributed by atoms with van der Waals surface area (Å²) < 4.78 is 11.5. The van der Waals surface area contributed by atoms with Gasteiger partial charge in [0.2, 0.25) is 0 Å². The zero-order chi connectivity index (χ0) is 26.7. The van der Waals surface area contributed by atoms with Gasteiger partial charge in [-0.3, -0.25) is 0 Å². The minimum absolute atomic E-state index is 0.279. The Labute approximate surface area is 223 Å². The number of ether oxygens (including phenoxy) is 2. The van der Waals surface area contributed by atoms with Crippen molar-refractivity contribution in [1.29, 1.82) is 0 Å². The summed E-state index contributed by atoms with van der Waals surface area (Å²) in [5, 5.41) is 9.94. The van der Waals surface area contributed by atoms with Crippen LogP contribution in [-0.2, 0) is 6.42 Å². The number of rotatable bonds is 12. The van der Waals surface area contributed by atoms with Crippen LogP contribution >= 0.6 is 0 Å². The number of amides is 2. The lowest BCUT2D eigenvalue weighted by atomic mass is 10.1. The van der Waals surface area contributed by atoms with E-state index in [0.717, 1.165) is 53.0 Å². The van der Waals surface area contributed by atoms with Gasteiger partial charge in [0.05, 0.1) is 19.2 Å². The third-order valence-corrected chi connectivity index (χ3v) is 5.88. The molecule has 198 valence electrons. The number of nitrogens with one attached hydrogen (secondary N) is 3. The van der Waals surface area contributed by atoms with Gasteiger partial charge in [0, 0.05) is 35.9 Å². The van der Waals surface area contributed by atoms with E-state index in [1.807, 2.05) is 80.8 Å². The Balaban J connectivity index is 1.32. The van der Waals surface area contributed by atoms with Crippen molar-refractivity contribution in [2.45, 2.75) is 12.8 Å². The lowest BCUT2D eigenvalue weighted by Crippen LogP contribution is -2.19. The highest BCUT2D eigenvalue weighted by molar-refractivity contribution is 5.99. The van der Waals surface area contributed by atoms with Gasteiger partial charge in [0.1, 0.15) is 12.1 Å². The molecule has 1 heterocycles. The van der Waals surface area contributed by atoms with Gasteiger partial charge in [-0.2, -0.15) is 0 Å². The van der Waals surface area contributed by atoms with Crippen LogP contribution in [0.1, 0.15) is 12.0 Å². The number of methoxy groups -OCH3 is 1. The van der Waals surface area contributed by atoms with E-state index in [2.05, 4.69) is 30.8 Å². The van der Waals surface area contributed by atoms with E-state index in [4.69, 9.17) is 9.47 Å². The van der Waals surface area contributed by atoms with Crippen LogP contribution < -0.4 is 25.4 Å². The molecule has 2 amide bonds. The summed E-state index contributed by atoms with van der Waals surface area (Å²) >= 11 is 0. The van der Waals surface area contributed by atoms with Crippen LogP contribution in [-0.4, -0.2) is 61.8 Å². The molecular formula is C29H34N6O3. The number of carbonyl (C=O) groups is 1. The summed E-state index contributed by atoms with van der Waals surface area (Å²) in [6.07, 6.45) is 3.25. The lowest BCUT2D eigenvalue weighted by Gasteiger charge is -2.15. The predicted octanol–water partition coefficient (Wildman–Crippen LogP) is 5.27. The van der Waals surface area contributed by atoms with E-state index >= 15 is 0 Å². The van der Waals surface area contributed by atoms with Crippen LogP contribution in [0.3, 0.4) is 0 Å². The van der Waals surface area contributed by atoms with Gasteiger partial charge in [-0.1, -0.05) is 30.3 Å². The Morgan fingerprint density at radius 2 is 1.66 bits per heavy atom. The summed E-state index contributed by atoms with van der Waals surface area (Å²) in [5.74, 6) is 2.07. The second kappa shape index (κ2) is 13.3.